The molecular weight excluding hydrogens is 136 g/mol. The third-order valence-electron chi connectivity index (χ3n) is 1.76. The first kappa shape index (κ1) is 8.05. The van der Waals surface area contributed by atoms with Crippen molar-refractivity contribution in [3.05, 3.63) is 24.5 Å². The van der Waals surface area contributed by atoms with Gasteiger partial charge in [0.1, 0.15) is 6.54 Å². The summed E-state index contributed by atoms with van der Waals surface area (Å²) < 4.78 is 2.15. The van der Waals surface area contributed by atoms with Crippen LogP contribution in [-0.2, 0) is 6.54 Å². The van der Waals surface area contributed by atoms with Crippen LogP contribution in [0.15, 0.2) is 24.5 Å². The molecule has 0 amide bonds. The van der Waals surface area contributed by atoms with Crippen LogP contribution in [0, 0.1) is 0 Å². The average molecular weight is 151 g/mol. The van der Waals surface area contributed by atoms with Gasteiger partial charge >= 0.3 is 0 Å². The number of hydrogen-bond donors (Lipinski definition) is 0. The summed E-state index contributed by atoms with van der Waals surface area (Å²) in [7, 11) is 4.09. The van der Waals surface area contributed by atoms with Crippen LogP contribution in [0.4, 0.5) is 5.69 Å². The van der Waals surface area contributed by atoms with Crippen molar-refractivity contribution in [3.8, 4) is 0 Å². The molecule has 11 heavy (non-hydrogen) atoms. The van der Waals surface area contributed by atoms with Crippen LogP contribution in [0.3, 0.4) is 0 Å². The third kappa shape index (κ3) is 1.93. The largest absolute Gasteiger partial charge is 0.377 e. The molecule has 0 aromatic carbocycles. The topological polar surface area (TPSA) is 7.12 Å². The van der Waals surface area contributed by atoms with Crippen LogP contribution in [0.25, 0.3) is 0 Å². The predicted molar refractivity (Wildman–Crippen MR) is 46.6 cm³/mol. The first-order valence-electron chi connectivity index (χ1n) is 3.90. The molecule has 2 nitrogen and oxygen atoms in total. The Kier molecular flexibility index (Phi) is 2.47. The Morgan fingerprint density at radius 3 is 2.18 bits per heavy atom. The highest BCUT2D eigenvalue weighted by Gasteiger charge is 1.97. The highest BCUT2D eigenvalue weighted by atomic mass is 15.1. The van der Waals surface area contributed by atoms with Gasteiger partial charge in [-0.05, 0) is 6.92 Å². The van der Waals surface area contributed by atoms with E-state index in [0.29, 0.717) is 0 Å². The Bertz CT molecular complexity index is 214. The van der Waals surface area contributed by atoms with Crippen LogP contribution in [-0.4, -0.2) is 14.1 Å². The Morgan fingerprint density at radius 1 is 1.27 bits per heavy atom. The number of pyridine rings is 1. The maximum absolute atomic E-state index is 2.15. The molecule has 0 saturated heterocycles. The minimum atomic E-state index is 1.04. The standard InChI is InChI=1S/C9H15N2/c1-4-11-7-5-9(6-8-11)10(2)3/h5-8H,4H2,1-3H3/q+1. The summed E-state index contributed by atoms with van der Waals surface area (Å²) in [6.45, 7) is 3.17. The fourth-order valence-electron chi connectivity index (χ4n) is 0.958. The molecule has 0 atom stereocenters. The molecule has 0 aliphatic rings. The molecule has 0 aliphatic carbocycles. The minimum absolute atomic E-state index is 1.04. The van der Waals surface area contributed by atoms with Gasteiger partial charge in [0.2, 0.25) is 0 Å². The van der Waals surface area contributed by atoms with Gasteiger partial charge < -0.3 is 4.90 Å². The number of anilines is 1. The molecule has 0 radical (unpaired) electrons. The molecule has 0 saturated carbocycles. The van der Waals surface area contributed by atoms with E-state index < -0.39 is 0 Å². The lowest BCUT2D eigenvalue weighted by atomic mass is 10.4. The summed E-state index contributed by atoms with van der Waals surface area (Å²) in [6.07, 6.45) is 4.19. The van der Waals surface area contributed by atoms with Crippen molar-refractivity contribution in [2.75, 3.05) is 19.0 Å². The lowest BCUT2D eigenvalue weighted by molar-refractivity contribution is -0.693. The zero-order chi connectivity index (χ0) is 8.27. The Morgan fingerprint density at radius 2 is 1.82 bits per heavy atom. The van der Waals surface area contributed by atoms with E-state index in [1.807, 2.05) is 14.1 Å². The normalized spacial score (nSPS) is 9.73. The van der Waals surface area contributed by atoms with Crippen molar-refractivity contribution in [1.82, 2.24) is 0 Å². The minimum Gasteiger partial charge on any atom is -0.377 e. The van der Waals surface area contributed by atoms with E-state index in [9.17, 15) is 0 Å². The summed E-state index contributed by atoms with van der Waals surface area (Å²) in [6, 6.07) is 4.23. The molecule has 1 rings (SSSR count). The highest BCUT2D eigenvalue weighted by Crippen LogP contribution is 2.05. The van der Waals surface area contributed by atoms with Gasteiger partial charge in [-0.25, -0.2) is 4.57 Å². The molecule has 2 heteroatoms. The van der Waals surface area contributed by atoms with Crippen LogP contribution in [0.2, 0.25) is 0 Å². The molecule has 0 aliphatic heterocycles. The van der Waals surface area contributed by atoms with Gasteiger partial charge in [-0.2, -0.15) is 0 Å². The zero-order valence-electron chi connectivity index (χ0n) is 7.41. The van der Waals surface area contributed by atoms with Gasteiger partial charge in [0, 0.05) is 31.9 Å². The first-order chi connectivity index (χ1) is 5.24. The van der Waals surface area contributed by atoms with E-state index in [1.165, 1.54) is 5.69 Å². The van der Waals surface area contributed by atoms with Crippen LogP contribution in [0.5, 0.6) is 0 Å². The van der Waals surface area contributed by atoms with Crippen molar-refractivity contribution < 1.29 is 4.57 Å². The quantitative estimate of drug-likeness (QED) is 0.573. The molecule has 1 heterocycles. The molecule has 60 valence electrons. The van der Waals surface area contributed by atoms with Crippen molar-refractivity contribution in [2.45, 2.75) is 13.5 Å². The number of nitrogens with zero attached hydrogens (tertiary/aromatic N) is 2. The van der Waals surface area contributed by atoms with Crippen molar-refractivity contribution >= 4 is 5.69 Å². The first-order valence-corrected chi connectivity index (χ1v) is 3.90. The predicted octanol–water partition coefficient (Wildman–Crippen LogP) is 1.06. The fraction of sp³-hybridized carbons (Fsp3) is 0.444. The van der Waals surface area contributed by atoms with Crippen LogP contribution < -0.4 is 9.47 Å². The van der Waals surface area contributed by atoms with Crippen LogP contribution in [0.1, 0.15) is 6.92 Å². The summed E-state index contributed by atoms with van der Waals surface area (Å²) in [5.74, 6) is 0. The lowest BCUT2D eigenvalue weighted by Gasteiger charge is -2.09. The SMILES string of the molecule is CC[n+]1ccc(N(C)C)cc1. The van der Waals surface area contributed by atoms with Gasteiger partial charge in [0.15, 0.2) is 12.4 Å². The fourth-order valence-corrected chi connectivity index (χ4v) is 0.958. The maximum atomic E-state index is 2.15. The molecule has 0 bridgehead atoms. The molecule has 0 spiro atoms. The second-order valence-corrected chi connectivity index (χ2v) is 2.78. The zero-order valence-corrected chi connectivity index (χ0v) is 7.41. The second kappa shape index (κ2) is 3.37. The van der Waals surface area contributed by atoms with Gasteiger partial charge in [0.25, 0.3) is 0 Å². The van der Waals surface area contributed by atoms with E-state index in [4.69, 9.17) is 0 Å². The molecule has 0 N–H and O–H groups in total. The van der Waals surface area contributed by atoms with Gasteiger partial charge in [-0.15, -0.1) is 0 Å². The van der Waals surface area contributed by atoms with Gasteiger partial charge in [-0.3, -0.25) is 0 Å². The smallest absolute Gasteiger partial charge is 0.170 e. The van der Waals surface area contributed by atoms with Gasteiger partial charge in [0.05, 0.1) is 0 Å². The molecule has 1 aromatic rings. The second-order valence-electron chi connectivity index (χ2n) is 2.78. The van der Waals surface area contributed by atoms with Crippen molar-refractivity contribution in [1.29, 1.82) is 0 Å². The number of rotatable bonds is 2. The third-order valence-corrected chi connectivity index (χ3v) is 1.76. The number of aromatic nitrogens is 1. The maximum Gasteiger partial charge on any atom is 0.170 e. The van der Waals surface area contributed by atoms with Crippen molar-refractivity contribution in [3.63, 3.8) is 0 Å². The van der Waals surface area contributed by atoms with Gasteiger partial charge in [-0.1, -0.05) is 0 Å². The summed E-state index contributed by atoms with van der Waals surface area (Å²) in [5, 5.41) is 0. The number of aryl methyl sites for hydroxylation is 1. The van der Waals surface area contributed by atoms with E-state index >= 15 is 0 Å². The molecule has 0 unspecified atom stereocenters. The molecule has 0 fully saturated rings. The summed E-state index contributed by atoms with van der Waals surface area (Å²) >= 11 is 0. The van der Waals surface area contributed by atoms with Crippen LogP contribution >= 0.6 is 0 Å². The summed E-state index contributed by atoms with van der Waals surface area (Å²) in [5.41, 5.74) is 1.25. The van der Waals surface area contributed by atoms with E-state index in [0.717, 1.165) is 6.54 Å². The molecular formula is C9H15N2+. The van der Waals surface area contributed by atoms with Crippen molar-refractivity contribution in [2.24, 2.45) is 0 Å². The highest BCUT2D eigenvalue weighted by molar-refractivity contribution is 5.41. The molecule has 1 aromatic heterocycles. The Balaban J connectivity index is 2.83. The Hall–Kier alpha value is -1.05. The summed E-state index contributed by atoms with van der Waals surface area (Å²) in [4.78, 5) is 2.10. The average Bonchev–Trinajstić information content (AvgIpc) is 2.05. The monoisotopic (exact) mass is 151 g/mol. The van der Waals surface area contributed by atoms with E-state index in [1.54, 1.807) is 0 Å². The number of hydrogen-bond acceptors (Lipinski definition) is 1. The Labute approximate surface area is 68.1 Å². The van der Waals surface area contributed by atoms with E-state index in [2.05, 4.69) is 40.9 Å². The van der Waals surface area contributed by atoms with E-state index in [-0.39, 0.29) is 0 Å². The lowest BCUT2D eigenvalue weighted by Crippen LogP contribution is -2.31.